The standard InChI is InChI=1S/C16H19F3N4O/c1-20-11-5-4-8-22(9-11)14(24)10-23-13-7-3-2-6-12(13)21-15(23)16(17,18)19/h2-3,6-7,11,20H,4-5,8-10H2,1H3. The molecular weight excluding hydrogens is 321 g/mol. The second kappa shape index (κ2) is 6.43. The molecule has 0 aliphatic carbocycles. The summed E-state index contributed by atoms with van der Waals surface area (Å²) >= 11 is 0. The van der Waals surface area contributed by atoms with Gasteiger partial charge in [0, 0.05) is 19.1 Å². The summed E-state index contributed by atoms with van der Waals surface area (Å²) in [5, 5.41) is 3.12. The molecule has 1 fully saturated rings. The van der Waals surface area contributed by atoms with E-state index in [2.05, 4.69) is 10.3 Å². The lowest BCUT2D eigenvalue weighted by Crippen LogP contribution is -2.48. The predicted octanol–water partition coefficient (Wildman–Crippen LogP) is 2.27. The van der Waals surface area contributed by atoms with Crippen LogP contribution in [0.4, 0.5) is 13.2 Å². The Morgan fingerprint density at radius 3 is 2.83 bits per heavy atom. The molecule has 1 amide bonds. The molecule has 1 unspecified atom stereocenters. The van der Waals surface area contributed by atoms with Gasteiger partial charge in [0.05, 0.1) is 11.0 Å². The van der Waals surface area contributed by atoms with Crippen molar-refractivity contribution in [2.45, 2.75) is 31.6 Å². The van der Waals surface area contributed by atoms with Crippen molar-refractivity contribution in [2.75, 3.05) is 20.1 Å². The van der Waals surface area contributed by atoms with E-state index in [0.717, 1.165) is 17.4 Å². The Morgan fingerprint density at radius 2 is 2.12 bits per heavy atom. The van der Waals surface area contributed by atoms with Gasteiger partial charge in [-0.2, -0.15) is 13.2 Å². The van der Waals surface area contributed by atoms with Crippen LogP contribution in [0.2, 0.25) is 0 Å². The fraction of sp³-hybridized carbons (Fsp3) is 0.500. The largest absolute Gasteiger partial charge is 0.449 e. The number of carbonyl (C=O) groups is 1. The molecule has 0 saturated carbocycles. The summed E-state index contributed by atoms with van der Waals surface area (Å²) in [6, 6.07) is 6.53. The Hall–Kier alpha value is -2.09. The number of likely N-dealkylation sites (N-methyl/N-ethyl adjacent to an activating group) is 1. The van der Waals surface area contributed by atoms with E-state index in [1.165, 1.54) is 6.07 Å². The lowest BCUT2D eigenvalue weighted by Gasteiger charge is -2.32. The molecule has 1 atom stereocenters. The van der Waals surface area contributed by atoms with E-state index in [1.54, 1.807) is 23.1 Å². The summed E-state index contributed by atoms with van der Waals surface area (Å²) in [5.74, 6) is -1.34. The number of piperidine rings is 1. The summed E-state index contributed by atoms with van der Waals surface area (Å²) in [7, 11) is 1.82. The number of hydrogen-bond donors (Lipinski definition) is 1. The second-order valence-corrected chi connectivity index (χ2v) is 5.98. The van der Waals surface area contributed by atoms with Gasteiger partial charge in [0.2, 0.25) is 11.7 Å². The summed E-state index contributed by atoms with van der Waals surface area (Å²) < 4.78 is 40.8. The number of hydrogen-bond acceptors (Lipinski definition) is 3. The maximum absolute atomic E-state index is 13.3. The molecule has 1 aliphatic rings. The lowest BCUT2D eigenvalue weighted by molar-refractivity contribution is -0.148. The zero-order valence-electron chi connectivity index (χ0n) is 13.3. The molecule has 1 aromatic heterocycles. The van der Waals surface area contributed by atoms with Gasteiger partial charge in [-0.1, -0.05) is 12.1 Å². The fourth-order valence-corrected chi connectivity index (χ4v) is 3.13. The molecule has 2 aromatic rings. The first kappa shape index (κ1) is 16.8. The van der Waals surface area contributed by atoms with E-state index in [9.17, 15) is 18.0 Å². The third-order valence-electron chi connectivity index (χ3n) is 4.38. The summed E-state index contributed by atoms with van der Waals surface area (Å²) in [5.41, 5.74) is 0.560. The molecule has 3 rings (SSSR count). The molecule has 130 valence electrons. The highest BCUT2D eigenvalue weighted by Gasteiger charge is 2.38. The van der Waals surface area contributed by atoms with E-state index in [4.69, 9.17) is 0 Å². The van der Waals surface area contributed by atoms with Gasteiger partial charge in [0.15, 0.2) is 0 Å². The maximum atomic E-state index is 13.3. The van der Waals surface area contributed by atoms with Crippen LogP contribution < -0.4 is 5.32 Å². The van der Waals surface area contributed by atoms with E-state index in [1.807, 2.05) is 7.05 Å². The quantitative estimate of drug-likeness (QED) is 0.933. The molecule has 0 radical (unpaired) electrons. The van der Waals surface area contributed by atoms with Crippen LogP contribution in [-0.4, -0.2) is 46.5 Å². The van der Waals surface area contributed by atoms with Crippen molar-refractivity contribution >= 4 is 16.9 Å². The van der Waals surface area contributed by atoms with Gasteiger partial charge >= 0.3 is 6.18 Å². The predicted molar refractivity (Wildman–Crippen MR) is 83.4 cm³/mol. The molecule has 24 heavy (non-hydrogen) atoms. The highest BCUT2D eigenvalue weighted by atomic mass is 19.4. The first-order chi connectivity index (χ1) is 11.4. The summed E-state index contributed by atoms with van der Waals surface area (Å²) in [4.78, 5) is 17.8. The van der Waals surface area contributed by atoms with E-state index < -0.39 is 12.0 Å². The monoisotopic (exact) mass is 340 g/mol. The van der Waals surface area contributed by atoms with Crippen LogP contribution in [0.3, 0.4) is 0 Å². The highest BCUT2D eigenvalue weighted by Crippen LogP contribution is 2.31. The van der Waals surface area contributed by atoms with Crippen LogP contribution in [0.25, 0.3) is 11.0 Å². The third-order valence-corrected chi connectivity index (χ3v) is 4.38. The van der Waals surface area contributed by atoms with Gasteiger partial charge < -0.3 is 14.8 Å². The molecule has 2 heterocycles. The normalized spacial score (nSPS) is 19.0. The van der Waals surface area contributed by atoms with Crippen LogP contribution in [-0.2, 0) is 17.5 Å². The fourth-order valence-electron chi connectivity index (χ4n) is 3.13. The first-order valence-corrected chi connectivity index (χ1v) is 7.87. The average molecular weight is 340 g/mol. The molecule has 1 N–H and O–H groups in total. The van der Waals surface area contributed by atoms with Crippen molar-refractivity contribution in [3.8, 4) is 0 Å². The molecule has 8 heteroatoms. The number of fused-ring (bicyclic) bond motifs is 1. The number of nitrogens with zero attached hydrogens (tertiary/aromatic N) is 3. The number of aromatic nitrogens is 2. The summed E-state index contributed by atoms with van der Waals surface area (Å²) in [6.45, 7) is 0.736. The van der Waals surface area contributed by atoms with Crippen molar-refractivity contribution in [3.63, 3.8) is 0 Å². The first-order valence-electron chi connectivity index (χ1n) is 7.87. The number of nitrogens with one attached hydrogen (secondary N) is 1. The van der Waals surface area contributed by atoms with Crippen molar-refractivity contribution in [3.05, 3.63) is 30.1 Å². The van der Waals surface area contributed by atoms with Crippen LogP contribution in [0.15, 0.2) is 24.3 Å². The van der Waals surface area contributed by atoms with E-state index in [0.29, 0.717) is 18.6 Å². The third kappa shape index (κ3) is 3.24. The molecule has 0 bridgehead atoms. The number of alkyl halides is 3. The number of benzene rings is 1. The van der Waals surface area contributed by atoms with Gasteiger partial charge in [-0.05, 0) is 32.0 Å². The Bertz CT molecular complexity index is 740. The van der Waals surface area contributed by atoms with Gasteiger partial charge in [-0.3, -0.25) is 4.79 Å². The van der Waals surface area contributed by atoms with Gasteiger partial charge in [-0.25, -0.2) is 4.98 Å². The van der Waals surface area contributed by atoms with Crippen LogP contribution in [0, 0.1) is 0 Å². The molecule has 5 nitrogen and oxygen atoms in total. The molecule has 0 spiro atoms. The molecule has 1 saturated heterocycles. The Kier molecular flexibility index (Phi) is 4.49. The van der Waals surface area contributed by atoms with Gasteiger partial charge in [0.25, 0.3) is 0 Å². The topological polar surface area (TPSA) is 50.2 Å². The van der Waals surface area contributed by atoms with Crippen molar-refractivity contribution < 1.29 is 18.0 Å². The molecule has 1 aliphatic heterocycles. The smallest absolute Gasteiger partial charge is 0.340 e. The number of carbonyl (C=O) groups excluding carboxylic acids is 1. The number of halogens is 3. The number of rotatable bonds is 3. The van der Waals surface area contributed by atoms with Crippen molar-refractivity contribution in [1.82, 2.24) is 19.8 Å². The maximum Gasteiger partial charge on any atom is 0.449 e. The molecule has 1 aromatic carbocycles. The Balaban J connectivity index is 1.90. The second-order valence-electron chi connectivity index (χ2n) is 5.98. The number of amides is 1. The zero-order chi connectivity index (χ0) is 17.3. The van der Waals surface area contributed by atoms with Crippen molar-refractivity contribution in [2.24, 2.45) is 0 Å². The van der Waals surface area contributed by atoms with E-state index >= 15 is 0 Å². The van der Waals surface area contributed by atoms with Gasteiger partial charge in [-0.15, -0.1) is 0 Å². The number of likely N-dealkylation sites (tertiary alicyclic amines) is 1. The van der Waals surface area contributed by atoms with Gasteiger partial charge in [0.1, 0.15) is 6.54 Å². The van der Waals surface area contributed by atoms with E-state index in [-0.39, 0.29) is 24.0 Å². The number of imidazole rings is 1. The zero-order valence-corrected chi connectivity index (χ0v) is 13.3. The van der Waals surface area contributed by atoms with Crippen LogP contribution >= 0.6 is 0 Å². The molecular formula is C16H19F3N4O. The number of para-hydroxylation sites is 2. The van der Waals surface area contributed by atoms with Crippen LogP contribution in [0.1, 0.15) is 18.7 Å². The minimum Gasteiger partial charge on any atom is -0.340 e. The van der Waals surface area contributed by atoms with Crippen molar-refractivity contribution in [1.29, 1.82) is 0 Å². The Labute approximate surface area is 137 Å². The SMILES string of the molecule is CNC1CCCN(C(=O)Cn2c(C(F)(F)F)nc3ccccc32)C1. The Morgan fingerprint density at radius 1 is 1.38 bits per heavy atom. The average Bonchev–Trinajstić information content (AvgIpc) is 2.94. The van der Waals surface area contributed by atoms with Crippen LogP contribution in [0.5, 0.6) is 0 Å². The lowest BCUT2D eigenvalue weighted by atomic mass is 10.1. The highest BCUT2D eigenvalue weighted by molar-refractivity contribution is 5.81. The minimum absolute atomic E-state index is 0.185. The minimum atomic E-state index is -4.60. The summed E-state index contributed by atoms with van der Waals surface area (Å²) in [6.07, 6.45) is -2.80.